The monoisotopic (exact) mass is 491 g/mol. The van der Waals surface area contributed by atoms with Gasteiger partial charge in [-0.2, -0.15) is 0 Å². The minimum Gasteiger partial charge on any atom is -0.360 e. The summed E-state index contributed by atoms with van der Waals surface area (Å²) in [5, 5.41) is 7.00. The normalized spacial score (nSPS) is 11.8. The van der Waals surface area contributed by atoms with E-state index in [2.05, 4.69) is 38.3 Å². The maximum Gasteiger partial charge on any atom is 0.267 e. The second-order valence-electron chi connectivity index (χ2n) is 7.62. The zero-order chi connectivity index (χ0) is 22.7. The van der Waals surface area contributed by atoms with Crippen molar-refractivity contribution in [3.05, 3.63) is 99.5 Å². The van der Waals surface area contributed by atoms with Gasteiger partial charge in [-0.15, -0.1) is 0 Å². The Morgan fingerprint density at radius 3 is 2.56 bits per heavy atom. The number of nitrogens with one attached hydrogen (secondary N) is 2. The van der Waals surface area contributed by atoms with E-state index in [1.807, 2.05) is 54.6 Å². The molecule has 162 valence electrons. The molecule has 0 aliphatic heterocycles. The third kappa shape index (κ3) is 4.57. The molecular weight excluding hydrogens is 470 g/mol. The molecule has 0 saturated carbocycles. The highest BCUT2D eigenvalue weighted by Gasteiger charge is 2.24. The van der Waals surface area contributed by atoms with Crippen LogP contribution in [0.3, 0.4) is 0 Å². The third-order valence-corrected chi connectivity index (χ3v) is 5.86. The highest BCUT2D eigenvalue weighted by Crippen LogP contribution is 2.28. The van der Waals surface area contributed by atoms with Gasteiger partial charge in [-0.05, 0) is 36.6 Å². The number of amides is 1. The van der Waals surface area contributed by atoms with Gasteiger partial charge in [0.2, 0.25) is 0 Å². The Kier molecular flexibility index (Phi) is 6.37. The molecule has 1 atom stereocenters. The lowest BCUT2D eigenvalue weighted by Crippen LogP contribution is -2.27. The van der Waals surface area contributed by atoms with Crippen molar-refractivity contribution in [1.29, 1.82) is 0 Å². The van der Waals surface area contributed by atoms with Crippen molar-refractivity contribution in [2.45, 2.75) is 19.8 Å². The lowest BCUT2D eigenvalue weighted by atomic mass is 9.99. The van der Waals surface area contributed by atoms with Crippen molar-refractivity contribution in [1.82, 2.24) is 15.5 Å². The number of hydrogen-bond donors (Lipinski definition) is 2. The molecule has 4 rings (SSSR count). The number of benzene rings is 2. The summed E-state index contributed by atoms with van der Waals surface area (Å²) in [6.45, 7) is 4.25. The van der Waals surface area contributed by atoms with Crippen LogP contribution >= 0.6 is 15.9 Å². The van der Waals surface area contributed by atoms with E-state index in [0.717, 1.165) is 15.6 Å². The van der Waals surface area contributed by atoms with Gasteiger partial charge in [0.05, 0.1) is 5.56 Å². The molecule has 4 aromatic rings. The molecule has 0 aliphatic rings. The second kappa shape index (κ2) is 9.36. The van der Waals surface area contributed by atoms with Crippen molar-refractivity contribution >= 4 is 27.6 Å². The number of aryl methyl sites for hydroxylation is 1. The molecule has 2 N–H and O–H groups in total. The average Bonchev–Trinajstić information content (AvgIpc) is 3.45. The van der Waals surface area contributed by atoms with E-state index in [-0.39, 0.29) is 17.6 Å². The maximum absolute atomic E-state index is 13.2. The Bertz CT molecular complexity index is 1240. The summed E-state index contributed by atoms with van der Waals surface area (Å²) in [6, 6.07) is 19.0. The lowest BCUT2D eigenvalue weighted by molar-refractivity contribution is 0.0947. The summed E-state index contributed by atoms with van der Waals surface area (Å²) in [4.78, 5) is 28.7. The van der Waals surface area contributed by atoms with E-state index in [4.69, 9.17) is 4.52 Å². The fourth-order valence-corrected chi connectivity index (χ4v) is 3.75. The van der Waals surface area contributed by atoms with E-state index in [0.29, 0.717) is 34.8 Å². The molecule has 0 spiro atoms. The van der Waals surface area contributed by atoms with Crippen molar-refractivity contribution in [2.24, 2.45) is 0 Å². The number of nitrogens with zero attached hydrogens (tertiary/aromatic N) is 1. The Morgan fingerprint density at radius 2 is 1.84 bits per heavy atom. The first-order valence-electron chi connectivity index (χ1n) is 10.2. The van der Waals surface area contributed by atoms with Gasteiger partial charge < -0.3 is 14.8 Å². The highest BCUT2D eigenvalue weighted by atomic mass is 79.9. The van der Waals surface area contributed by atoms with Gasteiger partial charge >= 0.3 is 0 Å². The number of rotatable bonds is 7. The molecule has 2 heterocycles. The second-order valence-corrected chi connectivity index (χ2v) is 8.54. The molecule has 6 nitrogen and oxygen atoms in total. The van der Waals surface area contributed by atoms with Crippen LogP contribution in [0.4, 0.5) is 0 Å². The standard InChI is InChI=1S/C25H22BrN3O3/c1-15(17-6-4-3-5-7-17)13-28-25(31)21-12-19(14-27-21)24(30)22-16(2)32-29-23(22)18-8-10-20(26)11-9-18/h3-12,14-15,27H,13H2,1-2H3,(H,28,31)/t15-/m1/s1. The number of H-pyrrole nitrogens is 1. The van der Waals surface area contributed by atoms with Crippen molar-refractivity contribution in [2.75, 3.05) is 6.54 Å². The smallest absolute Gasteiger partial charge is 0.267 e. The first-order valence-corrected chi connectivity index (χ1v) is 11.0. The molecule has 0 fully saturated rings. The SMILES string of the molecule is Cc1onc(-c2ccc(Br)cc2)c1C(=O)c1c[nH]c(C(=O)NC[C@@H](C)c2ccccc2)c1. The molecule has 0 aliphatic carbocycles. The van der Waals surface area contributed by atoms with Crippen molar-refractivity contribution < 1.29 is 14.1 Å². The quantitative estimate of drug-likeness (QED) is 0.334. The van der Waals surface area contributed by atoms with Crippen LogP contribution in [0.2, 0.25) is 0 Å². The van der Waals surface area contributed by atoms with Gasteiger partial charge in [-0.25, -0.2) is 0 Å². The van der Waals surface area contributed by atoms with Crippen LogP contribution in [0.5, 0.6) is 0 Å². The van der Waals surface area contributed by atoms with Crippen LogP contribution in [0.15, 0.2) is 75.9 Å². The number of hydrogen-bond acceptors (Lipinski definition) is 4. The van der Waals surface area contributed by atoms with Crippen LogP contribution < -0.4 is 5.32 Å². The average molecular weight is 492 g/mol. The molecule has 0 unspecified atom stereocenters. The molecule has 0 radical (unpaired) electrons. The number of aromatic amines is 1. The van der Waals surface area contributed by atoms with Crippen LogP contribution in [0, 0.1) is 6.92 Å². The Morgan fingerprint density at radius 1 is 1.12 bits per heavy atom. The first kappa shape index (κ1) is 21.8. The Labute approximate surface area is 194 Å². The Balaban J connectivity index is 1.49. The van der Waals surface area contributed by atoms with Crippen LogP contribution in [-0.4, -0.2) is 28.4 Å². The number of halogens is 1. The fourth-order valence-electron chi connectivity index (χ4n) is 3.49. The summed E-state index contributed by atoms with van der Waals surface area (Å²) in [5.74, 6) is 0.0813. The van der Waals surface area contributed by atoms with Gasteiger partial charge in [0.15, 0.2) is 5.78 Å². The molecule has 7 heteroatoms. The van der Waals surface area contributed by atoms with Crippen LogP contribution in [-0.2, 0) is 0 Å². The third-order valence-electron chi connectivity index (χ3n) is 5.33. The highest BCUT2D eigenvalue weighted by molar-refractivity contribution is 9.10. The summed E-state index contributed by atoms with van der Waals surface area (Å²) >= 11 is 3.41. The van der Waals surface area contributed by atoms with E-state index in [1.54, 1.807) is 13.0 Å². The van der Waals surface area contributed by atoms with Gasteiger partial charge in [0, 0.05) is 28.3 Å². The fraction of sp³-hybridized carbons (Fsp3) is 0.160. The molecule has 2 aromatic heterocycles. The predicted octanol–water partition coefficient (Wildman–Crippen LogP) is 5.51. The number of ketones is 1. The molecule has 32 heavy (non-hydrogen) atoms. The summed E-state index contributed by atoms with van der Waals surface area (Å²) in [7, 11) is 0. The number of carbonyl (C=O) groups excluding carboxylic acids is 2. The zero-order valence-electron chi connectivity index (χ0n) is 17.7. The minimum atomic E-state index is -0.262. The molecular formula is C25H22BrN3O3. The van der Waals surface area contributed by atoms with Gasteiger partial charge in [-0.1, -0.05) is 70.5 Å². The van der Waals surface area contributed by atoms with E-state index in [1.165, 1.54) is 6.20 Å². The predicted molar refractivity (Wildman–Crippen MR) is 126 cm³/mol. The topological polar surface area (TPSA) is 88.0 Å². The lowest BCUT2D eigenvalue weighted by Gasteiger charge is -2.12. The number of carbonyl (C=O) groups is 2. The largest absolute Gasteiger partial charge is 0.360 e. The summed E-state index contributed by atoms with van der Waals surface area (Å²) < 4.78 is 6.24. The summed E-state index contributed by atoms with van der Waals surface area (Å²) in [6.07, 6.45) is 1.54. The van der Waals surface area contributed by atoms with Gasteiger partial charge in [-0.3, -0.25) is 9.59 Å². The van der Waals surface area contributed by atoms with Crippen LogP contribution in [0.1, 0.15) is 50.6 Å². The molecule has 0 saturated heterocycles. The summed E-state index contributed by atoms with van der Waals surface area (Å²) in [5.41, 5.74) is 3.49. The van der Waals surface area contributed by atoms with Gasteiger partial charge in [0.25, 0.3) is 5.91 Å². The van der Waals surface area contributed by atoms with E-state index in [9.17, 15) is 9.59 Å². The van der Waals surface area contributed by atoms with Crippen LogP contribution in [0.25, 0.3) is 11.3 Å². The van der Waals surface area contributed by atoms with Gasteiger partial charge in [0.1, 0.15) is 17.1 Å². The first-order chi connectivity index (χ1) is 15.4. The minimum absolute atomic E-state index is 0.171. The van der Waals surface area contributed by atoms with E-state index < -0.39 is 0 Å². The van der Waals surface area contributed by atoms with Crippen molar-refractivity contribution in [3.63, 3.8) is 0 Å². The zero-order valence-corrected chi connectivity index (χ0v) is 19.3. The van der Waals surface area contributed by atoms with Crippen molar-refractivity contribution in [3.8, 4) is 11.3 Å². The number of aromatic nitrogens is 2. The molecule has 2 aromatic carbocycles. The Hall–Kier alpha value is -3.45. The molecule has 0 bridgehead atoms. The van der Waals surface area contributed by atoms with E-state index >= 15 is 0 Å². The maximum atomic E-state index is 13.2. The molecule has 1 amide bonds.